The van der Waals surface area contributed by atoms with E-state index in [1.54, 1.807) is 4.90 Å². The first kappa shape index (κ1) is 18.1. The number of anilines is 1. The summed E-state index contributed by atoms with van der Waals surface area (Å²) in [6.45, 7) is 8.02. The first-order valence-corrected chi connectivity index (χ1v) is 8.50. The van der Waals surface area contributed by atoms with Gasteiger partial charge in [0.15, 0.2) is 5.82 Å². The number of carbonyl (C=O) groups excluding carboxylic acids is 1. The molecule has 0 bridgehead atoms. The van der Waals surface area contributed by atoms with Crippen LogP contribution in [0.15, 0.2) is 6.07 Å². The largest absolute Gasteiger partial charge is 0.444 e. The molecule has 2 aliphatic rings. The summed E-state index contributed by atoms with van der Waals surface area (Å²) in [6, 6.07) is 1.49. The molecular weight excluding hydrogens is 354 g/mol. The highest BCUT2D eigenvalue weighted by Gasteiger charge is 2.50. The third kappa shape index (κ3) is 3.94. The number of likely N-dealkylation sites (tertiary alicyclic amines) is 1. The van der Waals surface area contributed by atoms with Gasteiger partial charge in [-0.05, 0) is 27.2 Å². The predicted octanol–water partition coefficient (Wildman–Crippen LogP) is 3.51. The highest BCUT2D eigenvalue weighted by molar-refractivity contribution is 6.29. The summed E-state index contributed by atoms with van der Waals surface area (Å²) in [5, 5.41) is 0.00283. The van der Waals surface area contributed by atoms with Crippen LogP contribution in [0.25, 0.3) is 0 Å². The second-order valence-electron chi connectivity index (χ2n) is 7.72. The molecule has 0 N–H and O–H groups in total. The van der Waals surface area contributed by atoms with Crippen molar-refractivity contribution < 1.29 is 18.3 Å². The first-order valence-electron chi connectivity index (χ1n) is 8.12. The lowest BCUT2D eigenvalue weighted by molar-refractivity contribution is 0.0265. The van der Waals surface area contributed by atoms with Gasteiger partial charge in [0.1, 0.15) is 16.6 Å². The van der Waals surface area contributed by atoms with E-state index in [2.05, 4.69) is 9.97 Å². The maximum Gasteiger partial charge on any atom is 0.410 e. The van der Waals surface area contributed by atoms with Crippen molar-refractivity contribution in [3.05, 3.63) is 17.0 Å². The second-order valence-corrected chi connectivity index (χ2v) is 8.10. The van der Waals surface area contributed by atoms with Crippen molar-refractivity contribution in [3.63, 3.8) is 0 Å². The van der Waals surface area contributed by atoms with Crippen LogP contribution in [-0.4, -0.2) is 52.7 Å². The van der Waals surface area contributed by atoms with Crippen LogP contribution in [0.4, 0.5) is 19.4 Å². The Morgan fingerprint density at radius 3 is 2.60 bits per heavy atom. The lowest BCUT2D eigenvalue weighted by atomic mass is 9.79. The molecule has 1 aromatic rings. The molecule has 25 heavy (non-hydrogen) atoms. The smallest absolute Gasteiger partial charge is 0.410 e. The van der Waals surface area contributed by atoms with Crippen LogP contribution in [0.5, 0.6) is 0 Å². The van der Waals surface area contributed by atoms with E-state index in [1.807, 2.05) is 25.7 Å². The average Bonchev–Trinajstić information content (AvgIpc) is 2.88. The molecule has 1 amide bonds. The van der Waals surface area contributed by atoms with Crippen molar-refractivity contribution in [1.82, 2.24) is 14.9 Å². The topological polar surface area (TPSA) is 58.6 Å². The van der Waals surface area contributed by atoms with Gasteiger partial charge in [-0.2, -0.15) is 0 Å². The fourth-order valence-electron chi connectivity index (χ4n) is 3.28. The molecule has 1 spiro atoms. The Morgan fingerprint density at radius 2 is 2.00 bits per heavy atom. The number of alkyl halides is 2. The van der Waals surface area contributed by atoms with Crippen molar-refractivity contribution in [1.29, 1.82) is 0 Å². The minimum absolute atomic E-state index is 0.00283. The monoisotopic (exact) mass is 374 g/mol. The maximum absolute atomic E-state index is 12.8. The van der Waals surface area contributed by atoms with Gasteiger partial charge in [0.2, 0.25) is 0 Å². The zero-order valence-electron chi connectivity index (χ0n) is 14.4. The van der Waals surface area contributed by atoms with Crippen molar-refractivity contribution >= 4 is 23.5 Å². The molecule has 0 unspecified atom stereocenters. The van der Waals surface area contributed by atoms with E-state index in [4.69, 9.17) is 16.3 Å². The molecule has 6 nitrogen and oxygen atoms in total. The van der Waals surface area contributed by atoms with Crippen molar-refractivity contribution in [2.75, 3.05) is 31.1 Å². The molecule has 2 saturated heterocycles. The molecular formula is C16H21ClF2N4O2. The number of carbonyl (C=O) groups is 1. The number of nitrogens with zero attached hydrogens (tertiary/aromatic N) is 4. The number of hydrogen-bond acceptors (Lipinski definition) is 5. The molecule has 0 aliphatic carbocycles. The number of halogens is 3. The number of amides is 1. The standard InChI is InChI=1S/C16H21ClF2N4O2/c1-15(2,3)25-14(24)22-5-4-16(7-22)8-23(9-16)11-6-10(17)20-13(21-11)12(18)19/h6,12H,4-5,7-9H2,1-3H3. The molecule has 138 valence electrons. The Labute approximate surface area is 150 Å². The van der Waals surface area contributed by atoms with Gasteiger partial charge in [-0.15, -0.1) is 0 Å². The van der Waals surface area contributed by atoms with Gasteiger partial charge in [0.05, 0.1) is 0 Å². The van der Waals surface area contributed by atoms with Crippen LogP contribution in [0.1, 0.15) is 39.4 Å². The van der Waals surface area contributed by atoms with Gasteiger partial charge in [0.25, 0.3) is 6.43 Å². The highest BCUT2D eigenvalue weighted by Crippen LogP contribution is 2.42. The molecule has 2 fully saturated rings. The van der Waals surface area contributed by atoms with Gasteiger partial charge < -0.3 is 14.5 Å². The Morgan fingerprint density at radius 1 is 1.32 bits per heavy atom. The molecule has 2 aliphatic heterocycles. The summed E-state index contributed by atoms with van der Waals surface area (Å²) >= 11 is 5.82. The Kier molecular flexibility index (Phi) is 4.51. The quantitative estimate of drug-likeness (QED) is 0.741. The second kappa shape index (κ2) is 6.23. The third-order valence-electron chi connectivity index (χ3n) is 4.36. The summed E-state index contributed by atoms with van der Waals surface area (Å²) in [4.78, 5) is 23.2. The van der Waals surface area contributed by atoms with Gasteiger partial charge in [-0.25, -0.2) is 23.5 Å². The molecule has 3 rings (SSSR count). The van der Waals surface area contributed by atoms with Gasteiger partial charge >= 0.3 is 6.09 Å². The zero-order valence-corrected chi connectivity index (χ0v) is 15.2. The Bertz CT molecular complexity index is 675. The minimum Gasteiger partial charge on any atom is -0.444 e. The Balaban J connectivity index is 1.62. The summed E-state index contributed by atoms with van der Waals surface area (Å²) in [6.07, 6.45) is -2.22. The molecule has 0 atom stereocenters. The molecule has 0 saturated carbocycles. The summed E-state index contributed by atoms with van der Waals surface area (Å²) in [5.41, 5.74) is -0.568. The number of hydrogen-bond donors (Lipinski definition) is 0. The van der Waals surface area contributed by atoms with Crippen LogP contribution in [-0.2, 0) is 4.74 Å². The Hall–Kier alpha value is -1.70. The van der Waals surface area contributed by atoms with E-state index in [1.165, 1.54) is 6.07 Å². The van der Waals surface area contributed by atoms with Gasteiger partial charge in [0, 0.05) is 37.7 Å². The van der Waals surface area contributed by atoms with Crippen molar-refractivity contribution in [2.24, 2.45) is 5.41 Å². The van der Waals surface area contributed by atoms with E-state index >= 15 is 0 Å². The van der Waals surface area contributed by atoms with Crippen molar-refractivity contribution in [3.8, 4) is 0 Å². The molecule has 0 aromatic carbocycles. The molecule has 9 heteroatoms. The summed E-state index contributed by atoms with van der Waals surface area (Å²) in [5.74, 6) is -0.165. The lowest BCUT2D eigenvalue weighted by Crippen LogP contribution is -2.58. The molecule has 1 aromatic heterocycles. The SMILES string of the molecule is CC(C)(C)OC(=O)N1CCC2(C1)CN(c1cc(Cl)nc(C(F)F)n1)C2. The average molecular weight is 375 g/mol. The van der Waals surface area contributed by atoms with E-state index in [0.717, 1.165) is 6.42 Å². The fraction of sp³-hybridized carbons (Fsp3) is 0.688. The van der Waals surface area contributed by atoms with Gasteiger partial charge in [-0.1, -0.05) is 11.6 Å². The van der Waals surface area contributed by atoms with Crippen LogP contribution < -0.4 is 4.90 Å². The van der Waals surface area contributed by atoms with E-state index in [0.29, 0.717) is 32.0 Å². The first-order chi connectivity index (χ1) is 11.6. The van der Waals surface area contributed by atoms with E-state index in [-0.39, 0.29) is 16.7 Å². The maximum atomic E-state index is 12.8. The van der Waals surface area contributed by atoms with Gasteiger partial charge in [-0.3, -0.25) is 0 Å². The van der Waals surface area contributed by atoms with E-state index in [9.17, 15) is 13.6 Å². The fourth-order valence-corrected chi connectivity index (χ4v) is 3.47. The minimum atomic E-state index is -2.76. The third-order valence-corrected chi connectivity index (χ3v) is 4.55. The number of aromatic nitrogens is 2. The highest BCUT2D eigenvalue weighted by atomic mass is 35.5. The number of rotatable bonds is 2. The van der Waals surface area contributed by atoms with Crippen LogP contribution in [0.3, 0.4) is 0 Å². The van der Waals surface area contributed by atoms with E-state index < -0.39 is 17.9 Å². The lowest BCUT2D eigenvalue weighted by Gasteiger charge is -2.48. The van der Waals surface area contributed by atoms with Crippen LogP contribution in [0, 0.1) is 5.41 Å². The van der Waals surface area contributed by atoms with Crippen LogP contribution in [0.2, 0.25) is 5.15 Å². The van der Waals surface area contributed by atoms with Crippen molar-refractivity contribution in [2.45, 2.75) is 39.2 Å². The van der Waals surface area contributed by atoms with Crippen LogP contribution >= 0.6 is 11.6 Å². The summed E-state index contributed by atoms with van der Waals surface area (Å²) < 4.78 is 31.0. The molecule has 0 radical (unpaired) electrons. The normalized spacial score (nSPS) is 19.5. The summed E-state index contributed by atoms with van der Waals surface area (Å²) in [7, 11) is 0. The predicted molar refractivity (Wildman–Crippen MR) is 89.1 cm³/mol. The number of ether oxygens (including phenoxy) is 1. The zero-order chi connectivity index (χ0) is 18.4. The molecule has 3 heterocycles.